The molecule has 0 spiro atoms. The fourth-order valence-electron chi connectivity index (χ4n) is 1.59. The van der Waals surface area contributed by atoms with Crippen LogP contribution in [0.2, 0.25) is 0 Å². The number of fused-ring (bicyclic) bond motifs is 1. The van der Waals surface area contributed by atoms with E-state index in [9.17, 15) is 9.90 Å². The van der Waals surface area contributed by atoms with Crippen molar-refractivity contribution in [2.75, 3.05) is 14.2 Å². The minimum atomic E-state index is -0.470. The molecule has 0 fully saturated rings. The van der Waals surface area contributed by atoms with E-state index in [4.69, 9.17) is 4.74 Å². The number of carbonyl (C=O) groups excluding carboxylic acids is 1. The monoisotopic (exact) mass is 233 g/mol. The van der Waals surface area contributed by atoms with E-state index >= 15 is 0 Å². The van der Waals surface area contributed by atoms with E-state index in [-0.39, 0.29) is 5.75 Å². The predicted octanol–water partition coefficient (Wildman–Crippen LogP) is 1.74. The number of methoxy groups -OCH3 is 2. The summed E-state index contributed by atoms with van der Waals surface area (Å²) in [5, 5.41) is 10.2. The number of nitrogens with zero attached hydrogens (tertiary/aromatic N) is 1. The van der Waals surface area contributed by atoms with Crippen LogP contribution in [0, 0.1) is 0 Å². The summed E-state index contributed by atoms with van der Waals surface area (Å²) in [6.07, 6.45) is 0. The number of hydrogen-bond acceptors (Lipinski definition) is 5. The van der Waals surface area contributed by atoms with Gasteiger partial charge in [0.25, 0.3) is 0 Å². The second-order valence-electron chi connectivity index (χ2n) is 3.37. The van der Waals surface area contributed by atoms with E-state index in [1.165, 1.54) is 26.4 Å². The molecule has 0 saturated carbocycles. The van der Waals surface area contributed by atoms with Gasteiger partial charge in [-0.05, 0) is 18.2 Å². The third-order valence-electron chi connectivity index (χ3n) is 2.42. The number of aromatic nitrogens is 1. The molecule has 0 unspecified atom stereocenters. The maximum atomic E-state index is 11.5. The molecule has 0 bridgehead atoms. The van der Waals surface area contributed by atoms with Crippen molar-refractivity contribution < 1.29 is 19.4 Å². The van der Waals surface area contributed by atoms with Gasteiger partial charge in [-0.1, -0.05) is 0 Å². The first kappa shape index (κ1) is 11.2. The molecular formula is C12H11NO4. The van der Waals surface area contributed by atoms with Gasteiger partial charge in [0.2, 0.25) is 5.88 Å². The molecule has 1 N–H and O–H groups in total. The van der Waals surface area contributed by atoms with Crippen LogP contribution in [0.5, 0.6) is 11.6 Å². The zero-order valence-corrected chi connectivity index (χ0v) is 9.43. The number of pyridine rings is 1. The number of benzene rings is 1. The molecular weight excluding hydrogens is 222 g/mol. The van der Waals surface area contributed by atoms with Crippen LogP contribution >= 0.6 is 0 Å². The summed E-state index contributed by atoms with van der Waals surface area (Å²) in [7, 11) is 2.79. The number of carbonyl (C=O) groups is 1. The van der Waals surface area contributed by atoms with Crippen LogP contribution in [0.4, 0.5) is 0 Å². The van der Waals surface area contributed by atoms with Gasteiger partial charge in [0.1, 0.15) is 11.3 Å². The molecule has 88 valence electrons. The minimum Gasteiger partial charge on any atom is -0.506 e. The summed E-state index contributed by atoms with van der Waals surface area (Å²) in [6, 6.07) is 6.18. The summed E-state index contributed by atoms with van der Waals surface area (Å²) in [5.41, 5.74) is 0.669. The number of rotatable bonds is 2. The van der Waals surface area contributed by atoms with Gasteiger partial charge in [-0.15, -0.1) is 0 Å². The second-order valence-corrected chi connectivity index (χ2v) is 3.37. The first-order valence-corrected chi connectivity index (χ1v) is 4.92. The van der Waals surface area contributed by atoms with Crippen LogP contribution in [0.1, 0.15) is 10.4 Å². The predicted molar refractivity (Wildman–Crippen MR) is 61.3 cm³/mol. The fraction of sp³-hybridized carbons (Fsp3) is 0.167. The molecule has 0 aliphatic carbocycles. The van der Waals surface area contributed by atoms with Crippen molar-refractivity contribution in [3.05, 3.63) is 29.8 Å². The summed E-state index contributed by atoms with van der Waals surface area (Å²) < 4.78 is 9.63. The van der Waals surface area contributed by atoms with Crippen LogP contribution in [0.3, 0.4) is 0 Å². The van der Waals surface area contributed by atoms with Gasteiger partial charge < -0.3 is 14.6 Å². The van der Waals surface area contributed by atoms with Crippen LogP contribution in [-0.2, 0) is 4.74 Å². The van der Waals surface area contributed by atoms with Crippen molar-refractivity contribution in [3.63, 3.8) is 0 Å². The molecule has 0 aliphatic rings. The smallest absolute Gasteiger partial charge is 0.338 e. The minimum absolute atomic E-state index is 0.00782. The Labute approximate surface area is 97.6 Å². The standard InChI is InChI=1S/C12H11NO4/c1-16-10-6-4-7-8(12(15)17-2)3-5-9(14)11(7)13-10/h3-6,14H,1-2H3. The first-order chi connectivity index (χ1) is 8.17. The van der Waals surface area contributed by atoms with Gasteiger partial charge in [-0.3, -0.25) is 0 Å². The van der Waals surface area contributed by atoms with Gasteiger partial charge in [0.05, 0.1) is 19.8 Å². The highest BCUT2D eigenvalue weighted by atomic mass is 16.5. The van der Waals surface area contributed by atoms with E-state index in [1.807, 2.05) is 0 Å². The van der Waals surface area contributed by atoms with E-state index in [0.29, 0.717) is 22.3 Å². The number of esters is 1. The third-order valence-corrected chi connectivity index (χ3v) is 2.42. The summed E-state index contributed by atoms with van der Waals surface area (Å²) in [4.78, 5) is 15.6. The highest BCUT2D eigenvalue weighted by Crippen LogP contribution is 2.28. The van der Waals surface area contributed by atoms with Gasteiger partial charge in [-0.2, -0.15) is 0 Å². The summed E-state index contributed by atoms with van der Waals surface area (Å²) in [5.74, 6) is -0.108. The van der Waals surface area contributed by atoms with Crippen molar-refractivity contribution >= 4 is 16.9 Å². The topological polar surface area (TPSA) is 68.7 Å². The molecule has 17 heavy (non-hydrogen) atoms. The fourth-order valence-corrected chi connectivity index (χ4v) is 1.59. The van der Waals surface area contributed by atoms with Gasteiger partial charge in [0, 0.05) is 11.5 Å². The number of hydrogen-bond donors (Lipinski definition) is 1. The largest absolute Gasteiger partial charge is 0.506 e. The van der Waals surface area contributed by atoms with Crippen molar-refractivity contribution in [2.24, 2.45) is 0 Å². The zero-order valence-electron chi connectivity index (χ0n) is 9.43. The molecule has 1 aromatic heterocycles. The van der Waals surface area contributed by atoms with E-state index < -0.39 is 5.97 Å². The molecule has 2 rings (SSSR count). The van der Waals surface area contributed by atoms with Crippen molar-refractivity contribution in [3.8, 4) is 11.6 Å². The van der Waals surface area contributed by atoms with Crippen molar-refractivity contribution in [1.82, 2.24) is 4.98 Å². The van der Waals surface area contributed by atoms with Crippen molar-refractivity contribution in [2.45, 2.75) is 0 Å². The van der Waals surface area contributed by atoms with E-state index in [2.05, 4.69) is 9.72 Å². The quantitative estimate of drug-likeness (QED) is 0.800. The van der Waals surface area contributed by atoms with Crippen LogP contribution in [-0.4, -0.2) is 30.3 Å². The average molecular weight is 233 g/mol. The van der Waals surface area contributed by atoms with Crippen LogP contribution in [0.15, 0.2) is 24.3 Å². The average Bonchev–Trinajstić information content (AvgIpc) is 2.38. The molecule has 0 saturated heterocycles. The summed E-state index contributed by atoms with van der Waals surface area (Å²) >= 11 is 0. The molecule has 1 heterocycles. The third kappa shape index (κ3) is 1.87. The molecule has 5 heteroatoms. The Hall–Kier alpha value is -2.30. The molecule has 0 aliphatic heterocycles. The Morgan fingerprint density at radius 1 is 1.24 bits per heavy atom. The lowest BCUT2D eigenvalue weighted by atomic mass is 10.1. The maximum absolute atomic E-state index is 11.5. The van der Waals surface area contributed by atoms with Crippen molar-refractivity contribution in [1.29, 1.82) is 0 Å². The number of ether oxygens (including phenoxy) is 2. The molecule has 0 amide bonds. The lowest BCUT2D eigenvalue weighted by molar-refractivity contribution is 0.0603. The Kier molecular flexibility index (Phi) is 2.82. The Balaban J connectivity index is 2.73. The first-order valence-electron chi connectivity index (χ1n) is 4.92. The number of phenolic OH excluding ortho intramolecular Hbond substituents is 1. The van der Waals surface area contributed by atoms with Crippen LogP contribution < -0.4 is 4.74 Å². The Morgan fingerprint density at radius 3 is 2.65 bits per heavy atom. The highest BCUT2D eigenvalue weighted by molar-refractivity contribution is 6.05. The molecule has 1 aromatic carbocycles. The molecule has 0 atom stereocenters. The highest BCUT2D eigenvalue weighted by Gasteiger charge is 2.14. The molecule has 2 aromatic rings. The lowest BCUT2D eigenvalue weighted by Gasteiger charge is -2.07. The Bertz CT molecular complexity index is 580. The normalized spacial score (nSPS) is 10.2. The second kappa shape index (κ2) is 4.29. The van der Waals surface area contributed by atoms with Gasteiger partial charge in [-0.25, -0.2) is 9.78 Å². The lowest BCUT2D eigenvalue weighted by Crippen LogP contribution is -2.02. The SMILES string of the molecule is COC(=O)c1ccc(O)c2nc(OC)ccc12. The van der Waals surface area contributed by atoms with E-state index in [1.54, 1.807) is 12.1 Å². The molecule has 0 radical (unpaired) electrons. The maximum Gasteiger partial charge on any atom is 0.338 e. The summed E-state index contributed by atoms with van der Waals surface area (Å²) in [6.45, 7) is 0. The molecule has 5 nitrogen and oxygen atoms in total. The van der Waals surface area contributed by atoms with Gasteiger partial charge in [0.15, 0.2) is 0 Å². The van der Waals surface area contributed by atoms with Gasteiger partial charge >= 0.3 is 5.97 Å². The number of aromatic hydroxyl groups is 1. The van der Waals surface area contributed by atoms with Crippen LogP contribution in [0.25, 0.3) is 10.9 Å². The van der Waals surface area contributed by atoms with E-state index in [0.717, 1.165) is 0 Å². The Morgan fingerprint density at radius 2 is 2.00 bits per heavy atom. The number of phenols is 1. The zero-order chi connectivity index (χ0) is 12.4.